The van der Waals surface area contributed by atoms with Crippen LogP contribution in [0.15, 0.2) is 0 Å². The first kappa shape index (κ1) is 20.8. The van der Waals surface area contributed by atoms with Gasteiger partial charge in [0.2, 0.25) is 0 Å². The van der Waals surface area contributed by atoms with Crippen molar-refractivity contribution in [3.05, 3.63) is 0 Å². The summed E-state index contributed by atoms with van der Waals surface area (Å²) in [7, 11) is 0. The summed E-state index contributed by atoms with van der Waals surface area (Å²) >= 11 is 0. The molecule has 5 heteroatoms. The standard InChI is InChI=1S/C18H36O5/c1-3-5-8-14(16(21)12-19)18(10-7-11-23-18)15(9-6-4-2)17(22)13-20/h14-17,19-22H,3-13H2,1-2H3. The average molecular weight is 332 g/mol. The lowest BCUT2D eigenvalue weighted by Crippen LogP contribution is -2.54. The molecule has 4 N–H and O–H groups in total. The van der Waals surface area contributed by atoms with Crippen molar-refractivity contribution in [1.82, 2.24) is 0 Å². The number of rotatable bonds is 12. The highest BCUT2D eigenvalue weighted by molar-refractivity contribution is 5.01. The lowest BCUT2D eigenvalue weighted by atomic mass is 9.67. The Morgan fingerprint density at radius 3 is 1.70 bits per heavy atom. The van der Waals surface area contributed by atoms with Gasteiger partial charge in [-0.3, -0.25) is 0 Å². The first-order valence-corrected chi connectivity index (χ1v) is 9.29. The van der Waals surface area contributed by atoms with Crippen LogP contribution < -0.4 is 0 Å². The molecule has 0 aromatic rings. The maximum atomic E-state index is 10.4. The van der Waals surface area contributed by atoms with Gasteiger partial charge in [0.25, 0.3) is 0 Å². The number of aliphatic hydroxyl groups excluding tert-OH is 4. The van der Waals surface area contributed by atoms with E-state index in [9.17, 15) is 20.4 Å². The molecule has 23 heavy (non-hydrogen) atoms. The van der Waals surface area contributed by atoms with Crippen molar-refractivity contribution in [2.75, 3.05) is 19.8 Å². The summed E-state index contributed by atoms with van der Waals surface area (Å²) in [6.45, 7) is 4.22. The molecule has 4 unspecified atom stereocenters. The summed E-state index contributed by atoms with van der Waals surface area (Å²) in [6, 6.07) is 0. The van der Waals surface area contributed by atoms with Gasteiger partial charge >= 0.3 is 0 Å². The predicted molar refractivity (Wildman–Crippen MR) is 90.1 cm³/mol. The molecule has 1 saturated heterocycles. The van der Waals surface area contributed by atoms with Crippen LogP contribution in [0.1, 0.15) is 65.2 Å². The minimum absolute atomic E-state index is 0.210. The molecule has 1 heterocycles. The second kappa shape index (κ2) is 10.6. The molecule has 4 atom stereocenters. The Balaban J connectivity index is 3.11. The van der Waals surface area contributed by atoms with E-state index in [2.05, 4.69) is 13.8 Å². The Morgan fingerprint density at radius 1 is 0.913 bits per heavy atom. The molecule has 0 aromatic heterocycles. The fourth-order valence-electron chi connectivity index (χ4n) is 4.17. The monoisotopic (exact) mass is 332 g/mol. The highest BCUT2D eigenvalue weighted by atomic mass is 16.5. The summed E-state index contributed by atoms with van der Waals surface area (Å²) in [5.74, 6) is -0.420. The quantitative estimate of drug-likeness (QED) is 0.438. The van der Waals surface area contributed by atoms with Crippen LogP contribution in [-0.4, -0.2) is 58.1 Å². The van der Waals surface area contributed by atoms with Crippen LogP contribution in [0.2, 0.25) is 0 Å². The molecule has 0 radical (unpaired) electrons. The minimum Gasteiger partial charge on any atom is -0.394 e. The van der Waals surface area contributed by atoms with Crippen molar-refractivity contribution in [1.29, 1.82) is 0 Å². The second-order valence-corrected chi connectivity index (χ2v) is 6.90. The van der Waals surface area contributed by atoms with Crippen LogP contribution in [-0.2, 0) is 4.74 Å². The van der Waals surface area contributed by atoms with Crippen LogP contribution >= 0.6 is 0 Å². The molecule has 5 nitrogen and oxygen atoms in total. The van der Waals surface area contributed by atoms with Crippen LogP contribution in [0.25, 0.3) is 0 Å². The van der Waals surface area contributed by atoms with Gasteiger partial charge in [0.15, 0.2) is 0 Å². The number of hydrogen-bond acceptors (Lipinski definition) is 5. The summed E-state index contributed by atoms with van der Waals surface area (Å²) < 4.78 is 6.16. The van der Waals surface area contributed by atoms with E-state index in [0.717, 1.165) is 51.4 Å². The predicted octanol–water partition coefficient (Wildman–Crippen LogP) is 1.85. The van der Waals surface area contributed by atoms with E-state index < -0.39 is 17.8 Å². The number of hydrogen-bond donors (Lipinski definition) is 4. The van der Waals surface area contributed by atoms with E-state index in [-0.39, 0.29) is 25.0 Å². The Bertz CT molecular complexity index is 280. The molecule has 0 spiro atoms. The molecule has 0 amide bonds. The van der Waals surface area contributed by atoms with Crippen LogP contribution in [0.3, 0.4) is 0 Å². The Morgan fingerprint density at radius 2 is 1.39 bits per heavy atom. The molecule has 0 bridgehead atoms. The smallest absolute Gasteiger partial charge is 0.0826 e. The van der Waals surface area contributed by atoms with Crippen molar-refractivity contribution < 1.29 is 25.2 Å². The number of aliphatic hydroxyl groups is 4. The molecule has 138 valence electrons. The highest BCUT2D eigenvalue weighted by Gasteiger charge is 2.52. The van der Waals surface area contributed by atoms with Gasteiger partial charge in [-0.15, -0.1) is 0 Å². The van der Waals surface area contributed by atoms with E-state index in [1.807, 2.05) is 0 Å². The molecular formula is C18H36O5. The SMILES string of the molecule is CCCCC(C(O)CO)C1(C(CCCC)C(O)CO)CCCO1. The Labute approximate surface area is 140 Å². The molecule has 0 aromatic carbocycles. The third kappa shape index (κ3) is 5.13. The summed E-state index contributed by atoms with van der Waals surface area (Å²) in [6.07, 6.45) is 5.39. The van der Waals surface area contributed by atoms with Gasteiger partial charge in [-0.05, 0) is 25.7 Å². The zero-order chi connectivity index (χ0) is 17.3. The third-order valence-electron chi connectivity index (χ3n) is 5.38. The molecular weight excluding hydrogens is 296 g/mol. The normalized spacial score (nSPS) is 26.9. The zero-order valence-electron chi connectivity index (χ0n) is 14.8. The summed E-state index contributed by atoms with van der Waals surface area (Å²) in [5, 5.41) is 39.9. The van der Waals surface area contributed by atoms with Crippen molar-refractivity contribution in [3.63, 3.8) is 0 Å². The van der Waals surface area contributed by atoms with E-state index in [4.69, 9.17) is 4.74 Å². The van der Waals surface area contributed by atoms with Crippen LogP contribution in [0.5, 0.6) is 0 Å². The lowest BCUT2D eigenvalue weighted by molar-refractivity contribution is -0.163. The fourth-order valence-corrected chi connectivity index (χ4v) is 4.17. The van der Waals surface area contributed by atoms with E-state index in [1.165, 1.54) is 0 Å². The maximum Gasteiger partial charge on any atom is 0.0826 e. The van der Waals surface area contributed by atoms with Gasteiger partial charge in [0.05, 0.1) is 31.0 Å². The lowest BCUT2D eigenvalue weighted by Gasteiger charge is -2.46. The average Bonchev–Trinajstić information content (AvgIpc) is 3.05. The maximum absolute atomic E-state index is 10.4. The minimum atomic E-state index is -0.852. The molecule has 0 saturated carbocycles. The van der Waals surface area contributed by atoms with Crippen molar-refractivity contribution in [3.8, 4) is 0 Å². The Hall–Kier alpha value is -0.200. The van der Waals surface area contributed by atoms with E-state index in [0.29, 0.717) is 6.61 Å². The van der Waals surface area contributed by atoms with Gasteiger partial charge in [-0.25, -0.2) is 0 Å². The Kier molecular flexibility index (Phi) is 9.63. The van der Waals surface area contributed by atoms with E-state index in [1.54, 1.807) is 0 Å². The van der Waals surface area contributed by atoms with Gasteiger partial charge in [-0.2, -0.15) is 0 Å². The molecule has 0 aliphatic carbocycles. The first-order valence-electron chi connectivity index (χ1n) is 9.29. The zero-order valence-corrected chi connectivity index (χ0v) is 14.8. The van der Waals surface area contributed by atoms with Crippen molar-refractivity contribution in [2.45, 2.75) is 83.0 Å². The van der Waals surface area contributed by atoms with Crippen molar-refractivity contribution >= 4 is 0 Å². The van der Waals surface area contributed by atoms with Crippen LogP contribution in [0.4, 0.5) is 0 Å². The molecule has 1 aliphatic rings. The second-order valence-electron chi connectivity index (χ2n) is 6.90. The molecule has 1 aliphatic heterocycles. The molecule has 1 fully saturated rings. The largest absolute Gasteiger partial charge is 0.394 e. The van der Waals surface area contributed by atoms with Gasteiger partial charge < -0.3 is 25.2 Å². The van der Waals surface area contributed by atoms with Gasteiger partial charge in [-0.1, -0.05) is 39.5 Å². The first-order chi connectivity index (χ1) is 11.1. The fraction of sp³-hybridized carbons (Fsp3) is 1.00. The number of unbranched alkanes of at least 4 members (excludes halogenated alkanes) is 2. The summed E-state index contributed by atoms with van der Waals surface area (Å²) in [4.78, 5) is 0. The van der Waals surface area contributed by atoms with Gasteiger partial charge in [0.1, 0.15) is 0 Å². The van der Waals surface area contributed by atoms with Crippen molar-refractivity contribution in [2.24, 2.45) is 11.8 Å². The van der Waals surface area contributed by atoms with Gasteiger partial charge in [0, 0.05) is 18.4 Å². The highest BCUT2D eigenvalue weighted by Crippen LogP contribution is 2.46. The summed E-state index contributed by atoms with van der Waals surface area (Å²) in [5.41, 5.74) is -0.644. The van der Waals surface area contributed by atoms with Crippen LogP contribution in [0, 0.1) is 11.8 Å². The number of ether oxygens (including phenoxy) is 1. The molecule has 1 rings (SSSR count). The van der Waals surface area contributed by atoms with E-state index >= 15 is 0 Å². The third-order valence-corrected chi connectivity index (χ3v) is 5.38. The topological polar surface area (TPSA) is 90.2 Å².